The second kappa shape index (κ2) is 6.24. The summed E-state index contributed by atoms with van der Waals surface area (Å²) in [7, 11) is 0. The average molecular weight is 326 g/mol. The standard InChI is InChI=1S/C19H19FN2O2/c20-14-9-7-13(8-10-14)18-21-17-6-2-1-5-16(17)19(23)22(18)12-15-4-3-11-24-15/h1-2,5-10,15,18,21H,3-4,11-12H2/t15-,18+/m0/s1. The molecule has 2 aliphatic rings. The number of ether oxygens (including phenoxy) is 1. The number of nitrogens with zero attached hydrogens (tertiary/aromatic N) is 1. The zero-order valence-corrected chi connectivity index (χ0v) is 13.2. The Morgan fingerprint density at radius 2 is 1.96 bits per heavy atom. The summed E-state index contributed by atoms with van der Waals surface area (Å²) in [5, 5.41) is 3.41. The normalized spacial score (nSPS) is 23.0. The highest BCUT2D eigenvalue weighted by Gasteiger charge is 2.35. The monoisotopic (exact) mass is 326 g/mol. The number of hydrogen-bond donors (Lipinski definition) is 1. The van der Waals surface area contributed by atoms with Crippen molar-refractivity contribution in [1.29, 1.82) is 0 Å². The summed E-state index contributed by atoms with van der Waals surface area (Å²) >= 11 is 0. The Hall–Kier alpha value is -2.40. The highest BCUT2D eigenvalue weighted by atomic mass is 19.1. The first-order chi connectivity index (χ1) is 11.7. The number of carbonyl (C=O) groups is 1. The first-order valence-electron chi connectivity index (χ1n) is 8.26. The molecule has 0 radical (unpaired) electrons. The van der Waals surface area contributed by atoms with Gasteiger partial charge in [-0.05, 0) is 42.7 Å². The Morgan fingerprint density at radius 3 is 2.71 bits per heavy atom. The van der Waals surface area contributed by atoms with Crippen molar-refractivity contribution in [2.75, 3.05) is 18.5 Å². The molecule has 0 unspecified atom stereocenters. The summed E-state index contributed by atoms with van der Waals surface area (Å²) in [6, 6.07) is 13.8. The summed E-state index contributed by atoms with van der Waals surface area (Å²) in [6.45, 7) is 1.28. The van der Waals surface area contributed by atoms with Crippen molar-refractivity contribution >= 4 is 11.6 Å². The smallest absolute Gasteiger partial charge is 0.257 e. The van der Waals surface area contributed by atoms with E-state index < -0.39 is 0 Å². The molecule has 0 aromatic heterocycles. The van der Waals surface area contributed by atoms with Crippen LogP contribution in [0.5, 0.6) is 0 Å². The second-order valence-electron chi connectivity index (χ2n) is 6.24. The first-order valence-corrected chi connectivity index (χ1v) is 8.26. The summed E-state index contributed by atoms with van der Waals surface area (Å²) < 4.78 is 19.0. The quantitative estimate of drug-likeness (QED) is 0.937. The fraction of sp³-hybridized carbons (Fsp3) is 0.316. The van der Waals surface area contributed by atoms with Gasteiger partial charge in [0.05, 0.1) is 11.7 Å². The third-order valence-electron chi connectivity index (χ3n) is 4.63. The highest BCUT2D eigenvalue weighted by Crippen LogP contribution is 2.34. The Bertz CT molecular complexity index is 741. The van der Waals surface area contributed by atoms with Crippen molar-refractivity contribution in [1.82, 2.24) is 4.90 Å². The third-order valence-corrected chi connectivity index (χ3v) is 4.63. The zero-order chi connectivity index (χ0) is 16.5. The Morgan fingerprint density at radius 1 is 1.17 bits per heavy atom. The van der Waals surface area contributed by atoms with E-state index in [2.05, 4.69) is 5.32 Å². The van der Waals surface area contributed by atoms with Gasteiger partial charge in [-0.25, -0.2) is 4.39 Å². The molecule has 2 heterocycles. The van der Waals surface area contributed by atoms with Gasteiger partial charge in [0.15, 0.2) is 0 Å². The molecule has 1 fully saturated rings. The van der Waals surface area contributed by atoms with E-state index in [1.807, 2.05) is 24.3 Å². The Balaban J connectivity index is 1.70. The van der Waals surface area contributed by atoms with Crippen molar-refractivity contribution in [3.05, 3.63) is 65.5 Å². The number of hydrogen-bond acceptors (Lipinski definition) is 3. The first kappa shape index (κ1) is 15.1. The fourth-order valence-electron chi connectivity index (χ4n) is 3.40. The number of fused-ring (bicyclic) bond motifs is 1. The van der Waals surface area contributed by atoms with Crippen molar-refractivity contribution in [3.8, 4) is 0 Å². The summed E-state index contributed by atoms with van der Waals surface area (Å²) in [6.07, 6.45) is 1.72. The number of halogens is 1. The van der Waals surface area contributed by atoms with Gasteiger partial charge in [-0.15, -0.1) is 0 Å². The van der Waals surface area contributed by atoms with Crippen LogP contribution in [0.4, 0.5) is 10.1 Å². The van der Waals surface area contributed by atoms with Crippen molar-refractivity contribution in [2.24, 2.45) is 0 Å². The lowest BCUT2D eigenvalue weighted by Crippen LogP contribution is -2.46. The van der Waals surface area contributed by atoms with Crippen molar-refractivity contribution in [3.63, 3.8) is 0 Å². The number of nitrogens with one attached hydrogen (secondary N) is 1. The van der Waals surface area contributed by atoms with Crippen LogP contribution in [0, 0.1) is 5.82 Å². The zero-order valence-electron chi connectivity index (χ0n) is 13.2. The van der Waals surface area contributed by atoms with E-state index in [0.717, 1.165) is 30.7 Å². The lowest BCUT2D eigenvalue weighted by atomic mass is 10.0. The molecular weight excluding hydrogens is 307 g/mol. The molecule has 2 aromatic rings. The van der Waals surface area contributed by atoms with E-state index in [9.17, 15) is 9.18 Å². The van der Waals surface area contributed by atoms with Crippen molar-refractivity contribution in [2.45, 2.75) is 25.1 Å². The van der Waals surface area contributed by atoms with Crippen LogP contribution in [0.2, 0.25) is 0 Å². The molecule has 0 aliphatic carbocycles. The molecule has 4 nitrogen and oxygen atoms in total. The van der Waals surface area contributed by atoms with Crippen LogP contribution in [0.3, 0.4) is 0 Å². The molecule has 2 aromatic carbocycles. The van der Waals surface area contributed by atoms with Gasteiger partial charge in [0.2, 0.25) is 0 Å². The summed E-state index contributed by atoms with van der Waals surface area (Å²) in [5.74, 6) is -0.305. The minimum Gasteiger partial charge on any atom is -0.376 e. The minimum absolute atomic E-state index is 0.0193. The molecule has 1 amide bonds. The lowest BCUT2D eigenvalue weighted by molar-refractivity contribution is 0.0427. The summed E-state index contributed by atoms with van der Waals surface area (Å²) in [4.78, 5) is 14.8. The minimum atomic E-state index is -0.322. The van der Waals surface area contributed by atoms with Gasteiger partial charge in [0.1, 0.15) is 12.0 Å². The molecular formula is C19H19FN2O2. The third kappa shape index (κ3) is 2.76. The van der Waals surface area contributed by atoms with Crippen LogP contribution in [-0.4, -0.2) is 30.1 Å². The van der Waals surface area contributed by atoms with Crippen LogP contribution in [-0.2, 0) is 4.74 Å². The van der Waals surface area contributed by atoms with Crippen LogP contribution in [0.1, 0.15) is 34.9 Å². The van der Waals surface area contributed by atoms with Gasteiger partial charge in [0, 0.05) is 18.8 Å². The highest BCUT2D eigenvalue weighted by molar-refractivity contribution is 6.01. The van der Waals surface area contributed by atoms with E-state index in [0.29, 0.717) is 12.1 Å². The second-order valence-corrected chi connectivity index (χ2v) is 6.24. The van der Waals surface area contributed by atoms with Gasteiger partial charge >= 0.3 is 0 Å². The van der Waals surface area contributed by atoms with E-state index >= 15 is 0 Å². The maximum Gasteiger partial charge on any atom is 0.257 e. The lowest BCUT2D eigenvalue weighted by Gasteiger charge is -2.39. The Labute approximate surface area is 140 Å². The van der Waals surface area contributed by atoms with Gasteiger partial charge in [-0.2, -0.15) is 0 Å². The number of para-hydroxylation sites is 1. The van der Waals surface area contributed by atoms with Crippen LogP contribution in [0.25, 0.3) is 0 Å². The predicted molar refractivity (Wildman–Crippen MR) is 89.2 cm³/mol. The van der Waals surface area contributed by atoms with Crippen LogP contribution >= 0.6 is 0 Å². The Kier molecular flexibility index (Phi) is 3.94. The molecule has 5 heteroatoms. The van der Waals surface area contributed by atoms with E-state index in [4.69, 9.17) is 4.74 Å². The molecule has 1 N–H and O–H groups in total. The molecule has 0 spiro atoms. The number of rotatable bonds is 3. The number of carbonyl (C=O) groups excluding carboxylic acids is 1. The number of amides is 1. The van der Waals surface area contributed by atoms with E-state index in [1.54, 1.807) is 17.0 Å². The van der Waals surface area contributed by atoms with Gasteiger partial charge in [-0.1, -0.05) is 24.3 Å². The molecule has 0 saturated carbocycles. The average Bonchev–Trinajstić information content (AvgIpc) is 3.11. The molecule has 2 aliphatic heterocycles. The molecule has 24 heavy (non-hydrogen) atoms. The van der Waals surface area contributed by atoms with Gasteiger partial charge in [-0.3, -0.25) is 4.79 Å². The summed E-state index contributed by atoms with van der Waals surface area (Å²) in [5.41, 5.74) is 2.33. The molecule has 1 saturated heterocycles. The molecule has 4 rings (SSSR count). The topological polar surface area (TPSA) is 41.6 Å². The largest absolute Gasteiger partial charge is 0.376 e. The predicted octanol–water partition coefficient (Wildman–Crippen LogP) is 3.57. The van der Waals surface area contributed by atoms with Gasteiger partial charge in [0.25, 0.3) is 5.91 Å². The maximum absolute atomic E-state index is 13.3. The molecule has 0 bridgehead atoms. The van der Waals surface area contributed by atoms with Gasteiger partial charge < -0.3 is 15.0 Å². The van der Waals surface area contributed by atoms with Crippen molar-refractivity contribution < 1.29 is 13.9 Å². The van der Waals surface area contributed by atoms with Crippen LogP contribution < -0.4 is 5.32 Å². The maximum atomic E-state index is 13.3. The van der Waals surface area contributed by atoms with E-state index in [1.165, 1.54) is 12.1 Å². The molecule has 2 atom stereocenters. The fourth-order valence-corrected chi connectivity index (χ4v) is 3.40. The SMILES string of the molecule is O=C1c2ccccc2N[C@@H](c2ccc(F)cc2)N1C[C@@H]1CCCO1. The van der Waals surface area contributed by atoms with E-state index in [-0.39, 0.29) is 24.0 Å². The number of anilines is 1. The molecule has 124 valence electrons. The van der Waals surface area contributed by atoms with Crippen LogP contribution in [0.15, 0.2) is 48.5 Å². The number of benzene rings is 2.